The summed E-state index contributed by atoms with van der Waals surface area (Å²) in [6.45, 7) is 9.59. The van der Waals surface area contributed by atoms with E-state index in [0.29, 0.717) is 0 Å². The van der Waals surface area contributed by atoms with Crippen LogP contribution in [0.4, 0.5) is 0 Å². The fourth-order valence-electron chi connectivity index (χ4n) is 0. The van der Waals surface area contributed by atoms with Gasteiger partial charge in [-0.3, -0.25) is 0 Å². The molecule has 0 aromatic rings. The highest BCUT2D eigenvalue weighted by molar-refractivity contribution is 6.55. The number of rotatable bonds is 0. The molecule has 0 atom stereocenters. The third-order valence-electron chi connectivity index (χ3n) is 0. The van der Waals surface area contributed by atoms with Crippen molar-refractivity contribution in [1.82, 2.24) is 0 Å². The summed E-state index contributed by atoms with van der Waals surface area (Å²) in [5.41, 5.74) is 0. The Morgan fingerprint density at radius 1 is 1.25 bits per heavy atom. The summed E-state index contributed by atoms with van der Waals surface area (Å²) in [5.74, 6) is 0.833. The minimum absolute atomic E-state index is 0.111. The van der Waals surface area contributed by atoms with Gasteiger partial charge in [0.05, 0.1) is 4.49 Å². The highest BCUT2D eigenvalue weighted by Crippen LogP contribution is 1.98. The smallest absolute Gasteiger partial charge is 0.0716 e. The van der Waals surface area contributed by atoms with Crippen LogP contribution in [0.5, 0.6) is 0 Å². The normalized spacial score (nSPS) is 7.75. The van der Waals surface area contributed by atoms with Crippen molar-refractivity contribution in [3.63, 3.8) is 0 Å². The summed E-state index contributed by atoms with van der Waals surface area (Å²) in [6, 6.07) is 0. The molecule has 2 heteroatoms. The highest BCUT2D eigenvalue weighted by Gasteiger charge is 1.68. The Morgan fingerprint density at radius 2 is 1.25 bits per heavy atom. The van der Waals surface area contributed by atoms with Crippen molar-refractivity contribution in [2.75, 3.05) is 0 Å². The number of hydrogen-bond acceptors (Lipinski definition) is 0. The van der Waals surface area contributed by atoms with E-state index in [2.05, 4.69) is 27.4 Å². The molecule has 0 aliphatic rings. The second-order valence-corrected chi connectivity index (χ2v) is 3.18. The van der Waals surface area contributed by atoms with Crippen LogP contribution in [-0.2, 0) is 0 Å². The molecule has 0 nitrogen and oxygen atoms in total. The maximum absolute atomic E-state index is 4.85. The van der Waals surface area contributed by atoms with E-state index in [4.69, 9.17) is 23.2 Å². The van der Waals surface area contributed by atoms with Gasteiger partial charge in [-0.25, -0.2) is 0 Å². The van der Waals surface area contributed by atoms with Crippen LogP contribution >= 0.6 is 23.2 Å². The molecule has 0 aliphatic heterocycles. The first-order chi connectivity index (χ1) is 3.46. The Balaban J connectivity index is 0. The monoisotopic (exact) mass is 154 g/mol. The summed E-state index contributed by atoms with van der Waals surface area (Å²) >= 11 is 9.69. The van der Waals surface area contributed by atoms with Gasteiger partial charge in [-0.1, -0.05) is 50.6 Å². The van der Waals surface area contributed by atoms with Gasteiger partial charge in [-0.2, -0.15) is 0 Å². The van der Waals surface area contributed by atoms with Gasteiger partial charge in [0.2, 0.25) is 0 Å². The van der Waals surface area contributed by atoms with Gasteiger partial charge < -0.3 is 0 Å². The molecule has 0 amide bonds. The molecule has 0 rings (SSSR count). The number of halogens is 2. The SMILES string of the molecule is C=C(Cl)Cl.CC(C)C. The lowest BCUT2D eigenvalue weighted by molar-refractivity contribution is 0.737. The van der Waals surface area contributed by atoms with E-state index in [-0.39, 0.29) is 4.49 Å². The van der Waals surface area contributed by atoms with E-state index in [1.807, 2.05) is 0 Å². The minimum Gasteiger partial charge on any atom is -0.0716 e. The second kappa shape index (κ2) is 7.32. The van der Waals surface area contributed by atoms with E-state index in [9.17, 15) is 0 Å². The van der Waals surface area contributed by atoms with Crippen molar-refractivity contribution in [2.24, 2.45) is 5.92 Å². The van der Waals surface area contributed by atoms with Crippen LogP contribution in [-0.4, -0.2) is 0 Å². The van der Waals surface area contributed by atoms with E-state index in [1.54, 1.807) is 0 Å². The van der Waals surface area contributed by atoms with Gasteiger partial charge >= 0.3 is 0 Å². The first-order valence-electron chi connectivity index (χ1n) is 2.46. The zero-order chi connectivity index (χ0) is 7.15. The van der Waals surface area contributed by atoms with Gasteiger partial charge in [0, 0.05) is 0 Å². The topological polar surface area (TPSA) is 0 Å². The first kappa shape index (κ1) is 11.2. The molecule has 0 bridgehead atoms. The van der Waals surface area contributed by atoms with Crippen molar-refractivity contribution in [2.45, 2.75) is 20.8 Å². The zero-order valence-electron chi connectivity index (χ0n) is 5.54. The van der Waals surface area contributed by atoms with Crippen LogP contribution in [0.2, 0.25) is 0 Å². The van der Waals surface area contributed by atoms with Crippen LogP contribution in [0.3, 0.4) is 0 Å². The van der Waals surface area contributed by atoms with E-state index >= 15 is 0 Å². The lowest BCUT2D eigenvalue weighted by Crippen LogP contribution is -1.66. The zero-order valence-corrected chi connectivity index (χ0v) is 7.05. The summed E-state index contributed by atoms with van der Waals surface area (Å²) in [5, 5.41) is 0. The Hall–Kier alpha value is 0.320. The molecule has 0 heterocycles. The van der Waals surface area contributed by atoms with Crippen LogP contribution in [0.15, 0.2) is 11.1 Å². The molecule has 8 heavy (non-hydrogen) atoms. The molecule has 0 saturated heterocycles. The van der Waals surface area contributed by atoms with E-state index in [0.717, 1.165) is 5.92 Å². The van der Waals surface area contributed by atoms with Crippen molar-refractivity contribution in [3.8, 4) is 0 Å². The Kier molecular flexibility index (Phi) is 10.2. The first-order valence-corrected chi connectivity index (χ1v) is 3.22. The average Bonchev–Trinajstić information content (AvgIpc) is 1.25. The molecule has 0 aromatic carbocycles. The maximum atomic E-state index is 4.85. The van der Waals surface area contributed by atoms with Gasteiger partial charge in [-0.15, -0.1) is 0 Å². The molecule has 0 spiro atoms. The minimum atomic E-state index is 0.111. The van der Waals surface area contributed by atoms with Gasteiger partial charge in [0.1, 0.15) is 0 Å². The van der Waals surface area contributed by atoms with E-state index in [1.165, 1.54) is 0 Å². The maximum Gasteiger partial charge on any atom is 0.0992 e. The molecule has 0 N–H and O–H groups in total. The van der Waals surface area contributed by atoms with Crippen LogP contribution in [0, 0.1) is 5.92 Å². The quantitative estimate of drug-likeness (QED) is 0.501. The lowest BCUT2D eigenvalue weighted by Gasteiger charge is -1.79. The summed E-state index contributed by atoms with van der Waals surface area (Å²) in [7, 11) is 0. The molecule has 0 unspecified atom stereocenters. The third kappa shape index (κ3) is 1750. The molecule has 0 aliphatic carbocycles. The van der Waals surface area contributed by atoms with Crippen molar-refractivity contribution >= 4 is 23.2 Å². The predicted molar refractivity (Wildman–Crippen MR) is 41.4 cm³/mol. The van der Waals surface area contributed by atoms with E-state index < -0.39 is 0 Å². The second-order valence-electron chi connectivity index (χ2n) is 2.07. The molecule has 0 radical (unpaired) electrons. The predicted octanol–water partition coefficient (Wildman–Crippen LogP) is 3.60. The molecule has 0 fully saturated rings. The molecular formula is C6H12Cl2. The van der Waals surface area contributed by atoms with Crippen molar-refractivity contribution in [3.05, 3.63) is 11.1 Å². The van der Waals surface area contributed by atoms with Gasteiger partial charge in [0.25, 0.3) is 0 Å². The fraction of sp³-hybridized carbons (Fsp3) is 0.667. The Morgan fingerprint density at radius 3 is 1.25 bits per heavy atom. The largest absolute Gasteiger partial charge is 0.0992 e. The van der Waals surface area contributed by atoms with Gasteiger partial charge in [-0.05, 0) is 5.92 Å². The Bertz CT molecular complexity index is 50.8. The molecular weight excluding hydrogens is 143 g/mol. The summed E-state index contributed by atoms with van der Waals surface area (Å²) in [6.07, 6.45) is 0. The van der Waals surface area contributed by atoms with Crippen LogP contribution in [0.1, 0.15) is 20.8 Å². The van der Waals surface area contributed by atoms with Crippen LogP contribution < -0.4 is 0 Å². The van der Waals surface area contributed by atoms with Gasteiger partial charge in [0.15, 0.2) is 0 Å². The summed E-state index contributed by atoms with van der Waals surface area (Å²) in [4.78, 5) is 0. The van der Waals surface area contributed by atoms with Crippen molar-refractivity contribution < 1.29 is 0 Å². The standard InChI is InChI=1S/C4H10.C2H2Cl2/c1-4(2)3;1-2(3)4/h4H,1-3H3;1H2. The summed E-state index contributed by atoms with van der Waals surface area (Å²) < 4.78 is 0.111. The van der Waals surface area contributed by atoms with Crippen molar-refractivity contribution in [1.29, 1.82) is 0 Å². The lowest BCUT2D eigenvalue weighted by atomic mass is 10.3. The Labute approximate surface area is 61.5 Å². The van der Waals surface area contributed by atoms with Crippen LogP contribution in [0.25, 0.3) is 0 Å². The average molecular weight is 155 g/mol. The fourth-order valence-corrected chi connectivity index (χ4v) is 0. The molecule has 0 saturated carbocycles. The highest BCUT2D eigenvalue weighted by atomic mass is 35.5. The number of hydrogen-bond donors (Lipinski definition) is 0. The molecule has 0 aromatic heterocycles. The third-order valence-corrected chi connectivity index (χ3v) is 0. The molecule has 50 valence electrons.